The van der Waals surface area contributed by atoms with Gasteiger partial charge in [-0.25, -0.2) is 44.4 Å². The molecule has 2 aromatic carbocycles. The Morgan fingerprint density at radius 3 is 1.39 bits per heavy atom. The van der Waals surface area contributed by atoms with Crippen LogP contribution >= 0.6 is 11.6 Å². The number of hydrogen-bond acceptors (Lipinski definition) is 6. The maximum atomic E-state index is 13.3. The summed E-state index contributed by atoms with van der Waals surface area (Å²) in [6.07, 6.45) is -4.33. The normalized spacial score (nSPS) is 13.2. The molecular formula is C36H41ClF10N4O4S2. The zero-order valence-electron chi connectivity index (χ0n) is 29.7. The van der Waals surface area contributed by atoms with Crippen LogP contribution in [0, 0.1) is 0 Å². The van der Waals surface area contributed by atoms with Crippen LogP contribution in [0.4, 0.5) is 43.9 Å². The predicted molar refractivity (Wildman–Crippen MR) is 200 cm³/mol. The van der Waals surface area contributed by atoms with Crippen molar-refractivity contribution in [2.45, 2.75) is 76.5 Å². The summed E-state index contributed by atoms with van der Waals surface area (Å²) in [6, 6.07) is 4.63. The SMILES string of the molecule is C.C.CCS(=O)(=O)c1cc(C(F)(F)F)ccc1-c1ncc(/C=C(\Cl)C(C)(F)F)n1C.CCS(=O)(=O)c1cc(C(F)(F)F)ccc1-c1ncc(/C=C/C(C)(F)F)n1C. The second-order valence-corrected chi connectivity index (χ2v) is 16.9. The summed E-state index contributed by atoms with van der Waals surface area (Å²) in [6.45, 7) is 3.91. The van der Waals surface area contributed by atoms with E-state index in [0.717, 1.165) is 36.4 Å². The lowest BCUT2D eigenvalue weighted by Crippen LogP contribution is -2.12. The van der Waals surface area contributed by atoms with E-state index in [1.54, 1.807) is 0 Å². The molecule has 0 amide bonds. The van der Waals surface area contributed by atoms with Gasteiger partial charge in [-0.1, -0.05) is 40.3 Å². The van der Waals surface area contributed by atoms with Crippen molar-refractivity contribution in [3.05, 3.63) is 82.4 Å². The van der Waals surface area contributed by atoms with Crippen molar-refractivity contribution in [2.75, 3.05) is 11.5 Å². The van der Waals surface area contributed by atoms with Crippen molar-refractivity contribution in [2.24, 2.45) is 14.1 Å². The van der Waals surface area contributed by atoms with Crippen LogP contribution in [0.15, 0.2) is 69.7 Å². The molecule has 4 rings (SSSR count). The van der Waals surface area contributed by atoms with Gasteiger partial charge in [0.15, 0.2) is 19.7 Å². The topological polar surface area (TPSA) is 104 Å². The summed E-state index contributed by atoms with van der Waals surface area (Å²) in [5.74, 6) is -7.13. The second kappa shape index (κ2) is 18.2. The van der Waals surface area contributed by atoms with Crippen LogP contribution in [0.5, 0.6) is 0 Å². The standard InChI is InChI=1S/C17H16ClF5N2O2S.C17H17F5N2O2S.2CH4/c1-4-28(26,27)13-7-10(17(21,22)23)5-6-12(13)15-24-9-11(25(15)3)8-14(18)16(2,19)20;1-4-27(25,26)14-9-11(17(20,21)22)5-6-13(14)15-23-10-12(24(15)3)7-8-16(2,18)19;;/h5-9H,4H2,1-3H3;5-10H,4H2,1-3H3;2*1H4/b14-8-;8-7+;;. The molecule has 2 heterocycles. The number of aromatic nitrogens is 4. The molecular weight excluding hydrogens is 842 g/mol. The minimum Gasteiger partial charge on any atom is -0.328 e. The molecule has 0 atom stereocenters. The number of imidazole rings is 2. The number of sulfone groups is 2. The van der Waals surface area contributed by atoms with E-state index in [9.17, 15) is 60.7 Å². The van der Waals surface area contributed by atoms with Gasteiger partial charge in [0, 0.05) is 39.1 Å². The Morgan fingerprint density at radius 2 is 1.05 bits per heavy atom. The number of alkyl halides is 10. The summed E-state index contributed by atoms with van der Waals surface area (Å²) in [5.41, 5.74) is -1.95. The van der Waals surface area contributed by atoms with Crippen LogP contribution in [-0.2, 0) is 46.1 Å². The summed E-state index contributed by atoms with van der Waals surface area (Å²) >= 11 is 5.57. The Kier molecular flexibility index (Phi) is 16.2. The van der Waals surface area contributed by atoms with E-state index in [0.29, 0.717) is 32.1 Å². The Hall–Kier alpha value is -4.17. The Balaban J connectivity index is 0.000000551. The van der Waals surface area contributed by atoms with Gasteiger partial charge in [-0.05, 0) is 54.6 Å². The highest BCUT2D eigenvalue weighted by Gasteiger charge is 2.35. The first-order chi connectivity index (χ1) is 24.9. The van der Waals surface area contributed by atoms with E-state index in [1.807, 2.05) is 0 Å². The summed E-state index contributed by atoms with van der Waals surface area (Å²) < 4.78 is 183. The van der Waals surface area contributed by atoms with E-state index < -0.39 is 81.3 Å². The predicted octanol–water partition coefficient (Wildman–Crippen LogP) is 11.0. The zero-order chi connectivity index (χ0) is 42.1. The van der Waals surface area contributed by atoms with Gasteiger partial charge in [0.2, 0.25) is 0 Å². The number of hydrogen-bond donors (Lipinski definition) is 0. The molecule has 0 unspecified atom stereocenters. The highest BCUT2D eigenvalue weighted by atomic mass is 35.5. The number of rotatable bonds is 10. The van der Waals surface area contributed by atoms with Crippen LogP contribution in [0.3, 0.4) is 0 Å². The minimum atomic E-state index is -4.73. The van der Waals surface area contributed by atoms with Gasteiger partial charge < -0.3 is 9.13 Å². The van der Waals surface area contributed by atoms with E-state index in [2.05, 4.69) is 9.97 Å². The largest absolute Gasteiger partial charge is 0.416 e. The molecule has 8 nitrogen and oxygen atoms in total. The maximum absolute atomic E-state index is 13.3. The quantitative estimate of drug-likeness (QED) is 0.147. The number of allylic oxidation sites excluding steroid dienone is 2. The first-order valence-electron chi connectivity index (χ1n) is 15.7. The van der Waals surface area contributed by atoms with Crippen LogP contribution in [0.25, 0.3) is 34.9 Å². The molecule has 0 aliphatic rings. The number of benzene rings is 2. The summed E-state index contributed by atoms with van der Waals surface area (Å²) in [7, 11) is -5.16. The van der Waals surface area contributed by atoms with Crippen LogP contribution in [0.1, 0.15) is 65.1 Å². The molecule has 318 valence electrons. The Bertz CT molecular complexity index is 2320. The molecule has 2 aromatic heterocycles. The molecule has 0 radical (unpaired) electrons. The second-order valence-electron chi connectivity index (χ2n) is 12.0. The molecule has 4 aromatic rings. The lowest BCUT2D eigenvalue weighted by atomic mass is 10.1. The van der Waals surface area contributed by atoms with Gasteiger partial charge in [-0.15, -0.1) is 0 Å². The third kappa shape index (κ3) is 12.4. The van der Waals surface area contributed by atoms with Crippen molar-refractivity contribution < 1.29 is 60.7 Å². The van der Waals surface area contributed by atoms with Crippen LogP contribution < -0.4 is 0 Å². The molecule has 21 heteroatoms. The molecule has 0 N–H and O–H groups in total. The fraction of sp³-hybridized carbons (Fsp3) is 0.389. The molecule has 0 bridgehead atoms. The van der Waals surface area contributed by atoms with E-state index in [4.69, 9.17) is 11.6 Å². The van der Waals surface area contributed by atoms with Gasteiger partial charge in [-0.3, -0.25) is 0 Å². The van der Waals surface area contributed by atoms with E-state index in [1.165, 1.54) is 49.5 Å². The lowest BCUT2D eigenvalue weighted by Gasteiger charge is -2.14. The summed E-state index contributed by atoms with van der Waals surface area (Å²) in [4.78, 5) is 6.95. The van der Waals surface area contributed by atoms with Crippen molar-refractivity contribution in [3.63, 3.8) is 0 Å². The van der Waals surface area contributed by atoms with Gasteiger partial charge in [0.1, 0.15) is 11.6 Å². The number of halogens is 11. The highest BCUT2D eigenvalue weighted by molar-refractivity contribution is 7.91. The van der Waals surface area contributed by atoms with Crippen LogP contribution in [0.2, 0.25) is 0 Å². The first-order valence-corrected chi connectivity index (χ1v) is 19.4. The molecule has 0 aliphatic carbocycles. The van der Waals surface area contributed by atoms with Crippen molar-refractivity contribution in [1.82, 2.24) is 19.1 Å². The van der Waals surface area contributed by atoms with Crippen molar-refractivity contribution in [1.29, 1.82) is 0 Å². The maximum Gasteiger partial charge on any atom is 0.416 e. The monoisotopic (exact) mass is 882 g/mol. The summed E-state index contributed by atoms with van der Waals surface area (Å²) in [5, 5.41) is -0.768. The van der Waals surface area contributed by atoms with Crippen molar-refractivity contribution in [3.8, 4) is 22.8 Å². The Labute approximate surface area is 329 Å². The zero-order valence-corrected chi connectivity index (χ0v) is 32.0. The van der Waals surface area contributed by atoms with Gasteiger partial charge >= 0.3 is 12.4 Å². The third-order valence-electron chi connectivity index (χ3n) is 7.82. The molecule has 0 spiro atoms. The molecule has 0 saturated carbocycles. The highest BCUT2D eigenvalue weighted by Crippen LogP contribution is 2.38. The third-order valence-corrected chi connectivity index (χ3v) is 11.8. The smallest absolute Gasteiger partial charge is 0.328 e. The van der Waals surface area contributed by atoms with Gasteiger partial charge in [0.05, 0.1) is 61.2 Å². The first kappa shape index (κ1) is 50.8. The molecule has 0 aliphatic heterocycles. The molecule has 0 saturated heterocycles. The minimum absolute atomic E-state index is 0. The van der Waals surface area contributed by atoms with Crippen LogP contribution in [-0.4, -0.2) is 59.3 Å². The number of nitrogens with zero attached hydrogens (tertiary/aromatic N) is 4. The molecule has 0 fully saturated rings. The van der Waals surface area contributed by atoms with Crippen molar-refractivity contribution >= 4 is 43.4 Å². The fourth-order valence-electron chi connectivity index (χ4n) is 4.72. The van der Waals surface area contributed by atoms with E-state index >= 15 is 0 Å². The average molecular weight is 883 g/mol. The fourth-order valence-corrected chi connectivity index (χ4v) is 7.05. The van der Waals surface area contributed by atoms with Gasteiger partial charge in [0.25, 0.3) is 11.8 Å². The lowest BCUT2D eigenvalue weighted by molar-refractivity contribution is -0.138. The van der Waals surface area contributed by atoms with Gasteiger partial charge in [-0.2, -0.15) is 26.3 Å². The van der Waals surface area contributed by atoms with E-state index in [-0.39, 0.29) is 49.0 Å². The average Bonchev–Trinajstić information content (AvgIpc) is 3.62. The molecule has 57 heavy (non-hydrogen) atoms. The Morgan fingerprint density at radius 1 is 0.684 bits per heavy atom.